The van der Waals surface area contributed by atoms with E-state index in [4.69, 9.17) is 0 Å². The lowest BCUT2D eigenvalue weighted by molar-refractivity contribution is 0.0977. The number of carbonyl (C=O) groups excluding carboxylic acids is 1. The van der Waals surface area contributed by atoms with Gasteiger partial charge in [-0.05, 0) is 43.1 Å². The van der Waals surface area contributed by atoms with Crippen molar-refractivity contribution in [3.63, 3.8) is 0 Å². The zero-order valence-corrected chi connectivity index (χ0v) is 14.5. The number of benzene rings is 2. The van der Waals surface area contributed by atoms with E-state index < -0.39 is 0 Å². The quantitative estimate of drug-likeness (QED) is 0.539. The van der Waals surface area contributed by atoms with Crippen molar-refractivity contribution < 1.29 is 4.79 Å². The first kappa shape index (κ1) is 17.0. The monoisotopic (exact) mass is 320 g/mol. The Balaban J connectivity index is 1.61. The molecule has 2 aromatic rings. The first-order valence-electron chi connectivity index (χ1n) is 9.48. The van der Waals surface area contributed by atoms with Gasteiger partial charge in [0.05, 0.1) is 0 Å². The van der Waals surface area contributed by atoms with Crippen molar-refractivity contribution in [3.05, 3.63) is 71.8 Å². The minimum absolute atomic E-state index is 0.283. The van der Waals surface area contributed by atoms with E-state index in [-0.39, 0.29) is 5.78 Å². The van der Waals surface area contributed by atoms with Crippen LogP contribution in [0.15, 0.2) is 60.7 Å². The lowest BCUT2D eigenvalue weighted by Gasteiger charge is -2.31. The fourth-order valence-corrected chi connectivity index (χ4v) is 4.16. The molecule has 1 atom stereocenters. The Hall–Kier alpha value is -1.89. The first-order valence-corrected chi connectivity index (χ1v) is 9.48. The summed E-state index contributed by atoms with van der Waals surface area (Å²) in [5, 5.41) is 0. The van der Waals surface area contributed by atoms with Crippen LogP contribution < -0.4 is 0 Å². The van der Waals surface area contributed by atoms with Crippen LogP contribution in [-0.2, 0) is 0 Å². The first-order chi connectivity index (χ1) is 11.8. The van der Waals surface area contributed by atoms with Crippen LogP contribution in [0.3, 0.4) is 0 Å². The van der Waals surface area contributed by atoms with Gasteiger partial charge in [-0.1, -0.05) is 79.9 Å². The lowest BCUT2D eigenvalue weighted by Crippen LogP contribution is -2.17. The van der Waals surface area contributed by atoms with Crippen molar-refractivity contribution in [2.45, 2.75) is 57.3 Å². The van der Waals surface area contributed by atoms with Crippen molar-refractivity contribution in [1.82, 2.24) is 0 Å². The molecule has 0 aromatic heterocycles. The molecule has 126 valence electrons. The van der Waals surface area contributed by atoms with E-state index in [9.17, 15) is 4.79 Å². The predicted molar refractivity (Wildman–Crippen MR) is 100 cm³/mol. The smallest absolute Gasteiger partial charge is 0.162 e. The number of Topliss-reactive ketones (excluding diaryl/α,β-unsaturated/α-hetero) is 1. The highest BCUT2D eigenvalue weighted by atomic mass is 16.1. The fraction of sp³-hybridized carbons (Fsp3) is 0.435. The predicted octanol–water partition coefficient (Wildman–Crippen LogP) is 6.40. The Morgan fingerprint density at radius 3 is 2.17 bits per heavy atom. The van der Waals surface area contributed by atoms with Crippen LogP contribution >= 0.6 is 0 Å². The van der Waals surface area contributed by atoms with Gasteiger partial charge in [0.1, 0.15) is 0 Å². The van der Waals surface area contributed by atoms with E-state index in [0.717, 1.165) is 24.3 Å². The van der Waals surface area contributed by atoms with Gasteiger partial charge < -0.3 is 0 Å². The third-order valence-corrected chi connectivity index (χ3v) is 5.46. The van der Waals surface area contributed by atoms with E-state index in [0.29, 0.717) is 12.3 Å². The molecule has 0 heterocycles. The van der Waals surface area contributed by atoms with Gasteiger partial charge in [-0.3, -0.25) is 4.79 Å². The van der Waals surface area contributed by atoms with Gasteiger partial charge in [0, 0.05) is 12.0 Å². The van der Waals surface area contributed by atoms with Crippen LogP contribution in [0, 0.1) is 5.92 Å². The molecular weight excluding hydrogens is 292 g/mol. The molecule has 0 saturated heterocycles. The van der Waals surface area contributed by atoms with Gasteiger partial charge in [-0.25, -0.2) is 0 Å². The molecule has 0 spiro atoms. The fourth-order valence-electron chi connectivity index (χ4n) is 4.16. The minimum Gasteiger partial charge on any atom is -0.294 e. The summed E-state index contributed by atoms with van der Waals surface area (Å²) in [6.07, 6.45) is 9.63. The zero-order chi connectivity index (χ0) is 16.6. The van der Waals surface area contributed by atoms with Crippen molar-refractivity contribution in [2.24, 2.45) is 5.92 Å². The highest BCUT2D eigenvalue weighted by Crippen LogP contribution is 2.39. The van der Waals surface area contributed by atoms with Crippen LogP contribution in [0.2, 0.25) is 0 Å². The second-order valence-electron chi connectivity index (χ2n) is 7.10. The van der Waals surface area contributed by atoms with E-state index in [1.807, 2.05) is 30.3 Å². The summed E-state index contributed by atoms with van der Waals surface area (Å²) >= 11 is 0. The molecule has 0 amide bonds. The lowest BCUT2D eigenvalue weighted by atomic mass is 9.74. The Bertz CT molecular complexity index is 611. The number of carbonyl (C=O) groups is 1. The summed E-state index contributed by atoms with van der Waals surface area (Å²) in [7, 11) is 0. The third kappa shape index (κ3) is 4.56. The molecule has 1 saturated carbocycles. The molecule has 1 nitrogen and oxygen atoms in total. The number of hydrogen-bond acceptors (Lipinski definition) is 1. The van der Waals surface area contributed by atoms with Crippen LogP contribution in [0.4, 0.5) is 0 Å². The third-order valence-electron chi connectivity index (χ3n) is 5.46. The molecule has 1 fully saturated rings. The van der Waals surface area contributed by atoms with Gasteiger partial charge in [0.2, 0.25) is 0 Å². The normalized spacial score (nSPS) is 16.7. The molecule has 0 radical (unpaired) electrons. The summed E-state index contributed by atoms with van der Waals surface area (Å²) in [5.74, 6) is 1.70. The largest absolute Gasteiger partial charge is 0.294 e. The maximum atomic E-state index is 12.3. The van der Waals surface area contributed by atoms with Crippen molar-refractivity contribution >= 4 is 5.78 Å². The average molecular weight is 320 g/mol. The van der Waals surface area contributed by atoms with Gasteiger partial charge in [0.25, 0.3) is 0 Å². The van der Waals surface area contributed by atoms with Crippen LogP contribution in [0.5, 0.6) is 0 Å². The summed E-state index contributed by atoms with van der Waals surface area (Å²) in [5.41, 5.74) is 2.32. The summed E-state index contributed by atoms with van der Waals surface area (Å²) in [4.78, 5) is 12.3. The molecule has 0 aliphatic heterocycles. The van der Waals surface area contributed by atoms with Crippen LogP contribution in [0.1, 0.15) is 73.2 Å². The Labute approximate surface area is 146 Å². The zero-order valence-electron chi connectivity index (χ0n) is 14.5. The second-order valence-corrected chi connectivity index (χ2v) is 7.10. The highest BCUT2D eigenvalue weighted by molar-refractivity contribution is 5.95. The SMILES string of the molecule is O=C(CCCC(c1ccccc1)C1CCCCC1)c1ccccc1. The van der Waals surface area contributed by atoms with Crippen molar-refractivity contribution in [2.75, 3.05) is 0 Å². The van der Waals surface area contributed by atoms with Crippen LogP contribution in [0.25, 0.3) is 0 Å². The molecule has 3 rings (SSSR count). The van der Waals surface area contributed by atoms with Crippen molar-refractivity contribution in [3.8, 4) is 0 Å². The van der Waals surface area contributed by atoms with E-state index in [2.05, 4.69) is 30.3 Å². The number of ketones is 1. The Morgan fingerprint density at radius 1 is 0.875 bits per heavy atom. The van der Waals surface area contributed by atoms with E-state index in [1.165, 1.54) is 37.7 Å². The molecular formula is C23H28O. The molecule has 24 heavy (non-hydrogen) atoms. The topological polar surface area (TPSA) is 17.1 Å². The Morgan fingerprint density at radius 2 is 1.50 bits per heavy atom. The van der Waals surface area contributed by atoms with E-state index in [1.54, 1.807) is 0 Å². The minimum atomic E-state index is 0.283. The van der Waals surface area contributed by atoms with Gasteiger partial charge in [0.15, 0.2) is 5.78 Å². The standard InChI is InChI=1S/C23H28O/c24-23(21-15-8-3-9-16-21)18-10-17-22(19-11-4-1-5-12-19)20-13-6-2-7-14-20/h1,3-5,8-9,11-12,15-16,20,22H,2,6-7,10,13-14,17-18H2. The number of hydrogen-bond donors (Lipinski definition) is 0. The second kappa shape index (κ2) is 8.82. The van der Waals surface area contributed by atoms with Gasteiger partial charge in [-0.2, -0.15) is 0 Å². The maximum Gasteiger partial charge on any atom is 0.162 e. The summed E-state index contributed by atoms with van der Waals surface area (Å²) in [6, 6.07) is 20.7. The molecule has 1 aliphatic rings. The number of rotatable bonds is 7. The molecule has 1 unspecified atom stereocenters. The van der Waals surface area contributed by atoms with Gasteiger partial charge >= 0.3 is 0 Å². The Kier molecular flexibility index (Phi) is 6.23. The molecule has 0 N–H and O–H groups in total. The summed E-state index contributed by atoms with van der Waals surface area (Å²) < 4.78 is 0. The van der Waals surface area contributed by atoms with Crippen molar-refractivity contribution in [1.29, 1.82) is 0 Å². The van der Waals surface area contributed by atoms with Crippen LogP contribution in [-0.4, -0.2) is 5.78 Å². The summed E-state index contributed by atoms with van der Waals surface area (Å²) in [6.45, 7) is 0. The van der Waals surface area contributed by atoms with E-state index >= 15 is 0 Å². The molecule has 0 bridgehead atoms. The highest BCUT2D eigenvalue weighted by Gasteiger charge is 2.24. The van der Waals surface area contributed by atoms with Gasteiger partial charge in [-0.15, -0.1) is 0 Å². The maximum absolute atomic E-state index is 12.3. The molecule has 2 aromatic carbocycles. The average Bonchev–Trinajstić information content (AvgIpc) is 2.67. The molecule has 1 heteroatoms. The molecule has 1 aliphatic carbocycles.